The average Bonchev–Trinajstić information content (AvgIpc) is 3.20. The van der Waals surface area contributed by atoms with Crippen LogP contribution < -0.4 is 9.47 Å². The Morgan fingerprint density at radius 3 is 2.51 bits per heavy atom. The Balaban J connectivity index is 1.58. The fourth-order valence-corrected chi connectivity index (χ4v) is 5.44. The topological polar surface area (TPSA) is 65.1 Å². The molecule has 1 atom stereocenters. The number of hydrogen-bond acceptors (Lipinski definition) is 7. The van der Waals surface area contributed by atoms with E-state index in [0.717, 1.165) is 22.9 Å². The van der Waals surface area contributed by atoms with E-state index in [-0.39, 0.29) is 12.5 Å². The van der Waals surface area contributed by atoms with Gasteiger partial charge in [-0.05, 0) is 55.2 Å². The first kappa shape index (κ1) is 28.4. The van der Waals surface area contributed by atoms with Crippen molar-refractivity contribution in [1.29, 1.82) is 0 Å². The third-order valence-electron chi connectivity index (χ3n) is 5.91. The van der Waals surface area contributed by atoms with Crippen LogP contribution in [0.1, 0.15) is 48.6 Å². The number of carbonyl (C=O) groups excluding carboxylic acids is 2. The molecule has 3 aromatic carbocycles. The largest absolute Gasteiger partial charge is 0.490 e. The van der Waals surface area contributed by atoms with Gasteiger partial charge in [-0.3, -0.25) is 9.69 Å². The third kappa shape index (κ3) is 7.07. The highest BCUT2D eigenvalue weighted by molar-refractivity contribution is 8.26. The van der Waals surface area contributed by atoms with E-state index in [1.165, 1.54) is 10.5 Å². The van der Waals surface area contributed by atoms with Crippen LogP contribution >= 0.6 is 24.0 Å². The Hall–Kier alpha value is -3.62. The number of thioether (sulfide) groups is 1. The predicted octanol–water partition coefficient (Wildman–Crippen LogP) is 6.87. The van der Waals surface area contributed by atoms with Crippen molar-refractivity contribution in [3.8, 4) is 11.5 Å². The number of thiocarbonyl (C=S) groups is 1. The Kier molecular flexibility index (Phi) is 9.79. The van der Waals surface area contributed by atoms with E-state index in [2.05, 4.69) is 6.07 Å². The van der Waals surface area contributed by atoms with E-state index >= 15 is 0 Å². The van der Waals surface area contributed by atoms with E-state index in [1.807, 2.05) is 75.4 Å². The molecule has 0 saturated carbocycles. The zero-order valence-corrected chi connectivity index (χ0v) is 23.8. The quantitative estimate of drug-likeness (QED) is 0.144. The first-order valence-electron chi connectivity index (χ1n) is 12.8. The zero-order chi connectivity index (χ0) is 27.8. The molecule has 0 aromatic heterocycles. The molecule has 8 heteroatoms. The molecule has 1 heterocycles. The van der Waals surface area contributed by atoms with Crippen LogP contribution in [0.3, 0.4) is 0 Å². The van der Waals surface area contributed by atoms with E-state index in [0.29, 0.717) is 45.9 Å². The van der Waals surface area contributed by atoms with Gasteiger partial charge in [0.25, 0.3) is 5.91 Å². The molecule has 4 rings (SSSR count). The summed E-state index contributed by atoms with van der Waals surface area (Å²) in [4.78, 5) is 28.4. The summed E-state index contributed by atoms with van der Waals surface area (Å²) in [6.45, 7) is 7.01. The minimum Gasteiger partial charge on any atom is -0.490 e. The van der Waals surface area contributed by atoms with Crippen LogP contribution in [0, 0.1) is 6.92 Å². The molecule has 0 N–H and O–H groups in total. The lowest BCUT2D eigenvalue weighted by atomic mass is 10.1. The van der Waals surface area contributed by atoms with Gasteiger partial charge in [0.2, 0.25) is 0 Å². The van der Waals surface area contributed by atoms with E-state index in [4.69, 9.17) is 26.4 Å². The molecule has 0 spiro atoms. The van der Waals surface area contributed by atoms with Crippen molar-refractivity contribution in [2.24, 2.45) is 0 Å². The highest BCUT2D eigenvalue weighted by atomic mass is 32.2. The van der Waals surface area contributed by atoms with Crippen LogP contribution in [0.2, 0.25) is 0 Å². The van der Waals surface area contributed by atoms with Gasteiger partial charge in [-0.15, -0.1) is 0 Å². The van der Waals surface area contributed by atoms with Gasteiger partial charge in [0.15, 0.2) is 17.5 Å². The van der Waals surface area contributed by atoms with Crippen molar-refractivity contribution < 1.29 is 23.8 Å². The number of benzene rings is 3. The van der Waals surface area contributed by atoms with Crippen LogP contribution in [0.15, 0.2) is 77.7 Å². The van der Waals surface area contributed by atoms with Gasteiger partial charge < -0.3 is 14.2 Å². The SMILES string of the molecule is CCCOC(=O)C(c1ccccc1)N1C(=O)/C(=C\c2ccc(OCc3cccc(C)c3)c(OCC)c2)SC1=S. The van der Waals surface area contributed by atoms with E-state index in [9.17, 15) is 9.59 Å². The molecular formula is C31H31NO5S2. The van der Waals surface area contributed by atoms with Crippen LogP contribution in [0.4, 0.5) is 0 Å². The molecule has 3 aromatic rings. The van der Waals surface area contributed by atoms with E-state index in [1.54, 1.807) is 18.2 Å². The second-order valence-electron chi connectivity index (χ2n) is 8.95. The van der Waals surface area contributed by atoms with Crippen LogP contribution in [-0.2, 0) is 20.9 Å². The molecule has 1 unspecified atom stereocenters. The second-order valence-corrected chi connectivity index (χ2v) is 10.6. The summed E-state index contributed by atoms with van der Waals surface area (Å²) in [5.74, 6) is 0.352. The fraction of sp³-hybridized carbons (Fsp3) is 0.258. The maximum Gasteiger partial charge on any atom is 0.333 e. The summed E-state index contributed by atoms with van der Waals surface area (Å²) < 4.78 is 17.6. The molecular weight excluding hydrogens is 530 g/mol. The molecule has 1 aliphatic rings. The maximum absolute atomic E-state index is 13.6. The first-order valence-corrected chi connectivity index (χ1v) is 14.1. The predicted molar refractivity (Wildman–Crippen MR) is 159 cm³/mol. The molecule has 202 valence electrons. The Morgan fingerprint density at radius 1 is 1.00 bits per heavy atom. The van der Waals surface area contributed by atoms with Gasteiger partial charge in [-0.1, -0.05) is 97.1 Å². The van der Waals surface area contributed by atoms with Gasteiger partial charge in [0.05, 0.1) is 18.1 Å². The van der Waals surface area contributed by atoms with E-state index < -0.39 is 12.0 Å². The molecule has 0 aliphatic carbocycles. The Bertz CT molecular complexity index is 1370. The van der Waals surface area contributed by atoms with Gasteiger partial charge >= 0.3 is 5.97 Å². The molecule has 1 aliphatic heterocycles. The van der Waals surface area contributed by atoms with Gasteiger partial charge in [0, 0.05) is 0 Å². The summed E-state index contributed by atoms with van der Waals surface area (Å²) >= 11 is 6.73. The summed E-state index contributed by atoms with van der Waals surface area (Å²) in [6.07, 6.45) is 2.43. The fourth-order valence-electron chi connectivity index (χ4n) is 4.13. The number of hydrogen-bond donors (Lipinski definition) is 0. The van der Waals surface area contributed by atoms with Gasteiger partial charge in [0.1, 0.15) is 10.9 Å². The number of aryl methyl sites for hydroxylation is 1. The highest BCUT2D eigenvalue weighted by Gasteiger charge is 2.42. The van der Waals surface area contributed by atoms with Crippen LogP contribution in [-0.4, -0.2) is 34.3 Å². The zero-order valence-electron chi connectivity index (χ0n) is 22.2. The molecule has 6 nitrogen and oxygen atoms in total. The highest BCUT2D eigenvalue weighted by Crippen LogP contribution is 2.39. The molecule has 39 heavy (non-hydrogen) atoms. The van der Waals surface area contributed by atoms with Gasteiger partial charge in [-0.25, -0.2) is 4.79 Å². The monoisotopic (exact) mass is 561 g/mol. The normalized spacial score (nSPS) is 14.9. The van der Waals surface area contributed by atoms with Gasteiger partial charge in [-0.2, -0.15) is 0 Å². The summed E-state index contributed by atoms with van der Waals surface area (Å²) in [6, 6.07) is 21.8. The van der Waals surface area contributed by atoms with Crippen molar-refractivity contribution in [3.05, 3.63) is 100.0 Å². The minimum atomic E-state index is -0.951. The standard InChI is InChI=1S/C31H31NO5S2/c1-4-16-36-30(34)28(24-12-7-6-8-13-24)32-29(33)27(39-31(32)38)19-22-14-15-25(26(18-22)35-5-2)37-20-23-11-9-10-21(3)17-23/h6-15,17-19,28H,4-5,16,20H2,1-3H3/b27-19+. The van der Waals surface area contributed by atoms with Crippen molar-refractivity contribution in [2.45, 2.75) is 39.8 Å². The van der Waals surface area contributed by atoms with Crippen LogP contribution in [0.25, 0.3) is 6.08 Å². The van der Waals surface area contributed by atoms with Crippen molar-refractivity contribution in [2.75, 3.05) is 13.2 Å². The summed E-state index contributed by atoms with van der Waals surface area (Å²) in [5.41, 5.74) is 3.63. The van der Waals surface area contributed by atoms with Crippen LogP contribution in [0.5, 0.6) is 11.5 Å². The maximum atomic E-state index is 13.6. The number of carbonyl (C=O) groups is 2. The third-order valence-corrected chi connectivity index (χ3v) is 7.24. The van der Waals surface area contributed by atoms with Crippen molar-refractivity contribution >= 4 is 46.3 Å². The Labute approximate surface area is 238 Å². The smallest absolute Gasteiger partial charge is 0.333 e. The van der Waals surface area contributed by atoms with Crippen molar-refractivity contribution in [3.63, 3.8) is 0 Å². The number of ether oxygens (including phenoxy) is 3. The summed E-state index contributed by atoms with van der Waals surface area (Å²) in [5, 5.41) is 0. The number of amides is 1. The Morgan fingerprint density at radius 2 is 1.79 bits per heavy atom. The minimum absolute atomic E-state index is 0.269. The lowest BCUT2D eigenvalue weighted by Gasteiger charge is -2.25. The first-order chi connectivity index (χ1) is 18.9. The molecule has 1 fully saturated rings. The lowest BCUT2D eigenvalue weighted by molar-refractivity contribution is -0.151. The summed E-state index contributed by atoms with van der Waals surface area (Å²) in [7, 11) is 0. The van der Waals surface area contributed by atoms with Crippen molar-refractivity contribution in [1.82, 2.24) is 4.90 Å². The molecule has 1 saturated heterocycles. The number of nitrogens with zero attached hydrogens (tertiary/aromatic N) is 1. The molecule has 0 bridgehead atoms. The molecule has 0 radical (unpaired) electrons. The average molecular weight is 562 g/mol. The molecule has 1 amide bonds. The lowest BCUT2D eigenvalue weighted by Crippen LogP contribution is -2.38. The number of rotatable bonds is 11. The number of esters is 1. The second kappa shape index (κ2) is 13.4.